The summed E-state index contributed by atoms with van der Waals surface area (Å²) >= 11 is 0. The molecular weight excluding hydrogens is 357 g/mol. The van der Waals surface area contributed by atoms with Crippen molar-refractivity contribution in [2.24, 2.45) is 11.7 Å². The maximum absolute atomic E-state index is 12.6. The summed E-state index contributed by atoms with van der Waals surface area (Å²) in [5, 5.41) is 6.25. The summed E-state index contributed by atoms with van der Waals surface area (Å²) < 4.78 is 38.9. The van der Waals surface area contributed by atoms with Crippen LogP contribution >= 0.6 is 12.4 Å². The van der Waals surface area contributed by atoms with E-state index in [9.17, 15) is 18.0 Å². The van der Waals surface area contributed by atoms with Crippen molar-refractivity contribution < 1.29 is 18.0 Å². The molecule has 3 rings (SSSR count). The molecule has 1 aliphatic carbocycles. The minimum absolute atomic E-state index is 0. The van der Waals surface area contributed by atoms with Crippen LogP contribution in [-0.4, -0.2) is 28.3 Å². The number of hydrogen-bond donors (Lipinski definition) is 2. The largest absolute Gasteiger partial charge is 0.435 e. The Kier molecular flexibility index (Phi) is 5.74. The number of carbonyl (C=O) groups excluding carboxylic acids is 1. The van der Waals surface area contributed by atoms with Gasteiger partial charge >= 0.3 is 6.18 Å². The van der Waals surface area contributed by atoms with Crippen LogP contribution < -0.4 is 11.1 Å². The molecule has 1 unspecified atom stereocenters. The van der Waals surface area contributed by atoms with Gasteiger partial charge in [0.05, 0.1) is 5.69 Å². The summed E-state index contributed by atoms with van der Waals surface area (Å²) in [5.74, 6) is 0.164. The number of amides is 1. The number of aromatic nitrogens is 2. The van der Waals surface area contributed by atoms with E-state index in [4.69, 9.17) is 5.73 Å². The molecule has 0 bridgehead atoms. The maximum Gasteiger partial charge on any atom is 0.435 e. The van der Waals surface area contributed by atoms with Gasteiger partial charge in [-0.25, -0.2) is 4.68 Å². The highest BCUT2D eigenvalue weighted by Gasteiger charge is 2.33. The molecule has 0 spiro atoms. The average molecular weight is 375 g/mol. The summed E-state index contributed by atoms with van der Waals surface area (Å²) in [6.07, 6.45) is -1.11. The lowest BCUT2D eigenvalue weighted by atomic mass is 10.1. The van der Waals surface area contributed by atoms with Gasteiger partial charge < -0.3 is 11.1 Å². The van der Waals surface area contributed by atoms with Gasteiger partial charge in [0.15, 0.2) is 5.69 Å². The van der Waals surface area contributed by atoms with Crippen molar-refractivity contribution >= 4 is 18.3 Å². The number of nitrogens with one attached hydrogen (secondary N) is 1. The average Bonchev–Trinajstić information content (AvgIpc) is 3.27. The van der Waals surface area contributed by atoms with E-state index in [2.05, 4.69) is 10.4 Å². The molecule has 1 amide bonds. The van der Waals surface area contributed by atoms with Crippen molar-refractivity contribution in [1.82, 2.24) is 15.1 Å². The fourth-order valence-electron chi connectivity index (χ4n) is 2.41. The number of rotatable bonds is 5. The summed E-state index contributed by atoms with van der Waals surface area (Å²) in [7, 11) is 0. The third-order valence-corrected chi connectivity index (χ3v) is 3.98. The van der Waals surface area contributed by atoms with E-state index in [1.54, 1.807) is 18.2 Å². The van der Waals surface area contributed by atoms with Crippen molar-refractivity contribution in [3.05, 3.63) is 47.8 Å². The minimum Gasteiger partial charge on any atom is -0.350 e. The zero-order valence-electron chi connectivity index (χ0n) is 13.2. The predicted molar refractivity (Wildman–Crippen MR) is 88.8 cm³/mol. The van der Waals surface area contributed by atoms with E-state index in [-0.39, 0.29) is 24.4 Å². The SMILES string of the molecule is Cl.NC(CNC(=O)c1cccc(-n2ccc(C(F)(F)F)n2)c1)C1CC1. The zero-order valence-corrected chi connectivity index (χ0v) is 14.0. The molecule has 1 aromatic carbocycles. The summed E-state index contributed by atoms with van der Waals surface area (Å²) in [6.45, 7) is 0.383. The summed E-state index contributed by atoms with van der Waals surface area (Å²) in [6, 6.07) is 7.10. The first-order valence-electron chi connectivity index (χ1n) is 7.61. The lowest BCUT2D eigenvalue weighted by Gasteiger charge is -2.12. The Hall–Kier alpha value is -2.06. The third kappa shape index (κ3) is 4.73. The van der Waals surface area contributed by atoms with E-state index in [1.165, 1.54) is 12.3 Å². The number of halogens is 4. The van der Waals surface area contributed by atoms with Crippen LogP contribution in [0.2, 0.25) is 0 Å². The van der Waals surface area contributed by atoms with Crippen LogP contribution in [0.4, 0.5) is 13.2 Å². The summed E-state index contributed by atoms with van der Waals surface area (Å²) in [5.41, 5.74) is 5.68. The van der Waals surface area contributed by atoms with Crippen LogP contribution in [0.3, 0.4) is 0 Å². The number of hydrogen-bond acceptors (Lipinski definition) is 3. The van der Waals surface area contributed by atoms with Gasteiger partial charge in [-0.2, -0.15) is 18.3 Å². The van der Waals surface area contributed by atoms with E-state index < -0.39 is 11.9 Å². The van der Waals surface area contributed by atoms with Crippen molar-refractivity contribution in [2.75, 3.05) is 6.54 Å². The molecule has 3 N–H and O–H groups in total. The van der Waals surface area contributed by atoms with Crippen molar-refractivity contribution in [1.29, 1.82) is 0 Å². The van der Waals surface area contributed by atoms with Gasteiger partial charge in [0, 0.05) is 24.3 Å². The Bertz CT molecular complexity index is 743. The monoisotopic (exact) mass is 374 g/mol. The lowest BCUT2D eigenvalue weighted by Crippen LogP contribution is -2.38. The number of benzene rings is 1. The van der Waals surface area contributed by atoms with Crippen LogP contribution in [0, 0.1) is 5.92 Å². The van der Waals surface area contributed by atoms with Crippen LogP contribution in [0.1, 0.15) is 28.9 Å². The van der Waals surface area contributed by atoms with E-state index in [0.29, 0.717) is 23.7 Å². The number of alkyl halides is 3. The molecule has 0 radical (unpaired) electrons. The molecule has 9 heteroatoms. The van der Waals surface area contributed by atoms with Crippen LogP contribution in [0.15, 0.2) is 36.5 Å². The second kappa shape index (κ2) is 7.45. The van der Waals surface area contributed by atoms with Gasteiger partial charge in [-0.15, -0.1) is 12.4 Å². The van der Waals surface area contributed by atoms with E-state index >= 15 is 0 Å². The number of nitrogens with two attached hydrogens (primary N) is 1. The quantitative estimate of drug-likeness (QED) is 0.845. The Morgan fingerprint density at radius 2 is 2.08 bits per heavy atom. The van der Waals surface area contributed by atoms with Crippen molar-refractivity contribution in [3.63, 3.8) is 0 Å². The highest BCUT2D eigenvalue weighted by Crippen LogP contribution is 2.31. The fourth-order valence-corrected chi connectivity index (χ4v) is 2.41. The predicted octanol–water partition coefficient (Wildman–Crippen LogP) is 2.78. The van der Waals surface area contributed by atoms with Crippen LogP contribution in [-0.2, 0) is 6.18 Å². The van der Waals surface area contributed by atoms with Crippen LogP contribution in [0.5, 0.6) is 0 Å². The van der Waals surface area contributed by atoms with Gasteiger partial charge in [-0.3, -0.25) is 4.79 Å². The fraction of sp³-hybridized carbons (Fsp3) is 0.375. The van der Waals surface area contributed by atoms with E-state index in [0.717, 1.165) is 23.6 Å². The van der Waals surface area contributed by atoms with Gasteiger partial charge in [0.2, 0.25) is 0 Å². The molecule has 2 aromatic rings. The van der Waals surface area contributed by atoms with Gasteiger partial charge in [0.1, 0.15) is 0 Å². The van der Waals surface area contributed by atoms with Crippen LogP contribution in [0.25, 0.3) is 5.69 Å². The standard InChI is InChI=1S/C16H17F3N4O.ClH/c17-16(18,19)14-6-7-23(22-14)12-3-1-2-11(8-12)15(24)21-9-13(20)10-4-5-10;/h1-3,6-8,10,13H,4-5,9,20H2,(H,21,24);1H. The Labute approximate surface area is 148 Å². The molecule has 5 nitrogen and oxygen atoms in total. The molecule has 0 aliphatic heterocycles. The molecule has 1 aliphatic rings. The first-order chi connectivity index (χ1) is 11.3. The number of carbonyl (C=O) groups is 1. The molecule has 1 saturated carbocycles. The molecule has 136 valence electrons. The lowest BCUT2D eigenvalue weighted by molar-refractivity contribution is -0.141. The first kappa shape index (κ1) is 19.3. The van der Waals surface area contributed by atoms with Gasteiger partial charge in [0.25, 0.3) is 5.91 Å². The Balaban J connectivity index is 0.00000225. The second-order valence-corrected chi connectivity index (χ2v) is 5.90. The molecule has 1 atom stereocenters. The van der Waals surface area contributed by atoms with Crippen molar-refractivity contribution in [2.45, 2.75) is 25.1 Å². The zero-order chi connectivity index (χ0) is 17.3. The number of nitrogens with zero attached hydrogens (tertiary/aromatic N) is 2. The highest BCUT2D eigenvalue weighted by molar-refractivity contribution is 5.94. The molecule has 25 heavy (non-hydrogen) atoms. The minimum atomic E-state index is -4.50. The highest BCUT2D eigenvalue weighted by atomic mass is 35.5. The molecule has 1 aromatic heterocycles. The Morgan fingerprint density at radius 1 is 1.36 bits per heavy atom. The van der Waals surface area contributed by atoms with Gasteiger partial charge in [-0.05, 0) is 43.0 Å². The third-order valence-electron chi connectivity index (χ3n) is 3.98. The summed E-state index contributed by atoms with van der Waals surface area (Å²) in [4.78, 5) is 12.2. The molecular formula is C16H18ClF3N4O. The Morgan fingerprint density at radius 3 is 2.68 bits per heavy atom. The first-order valence-corrected chi connectivity index (χ1v) is 7.61. The topological polar surface area (TPSA) is 72.9 Å². The second-order valence-electron chi connectivity index (χ2n) is 5.90. The normalized spacial score (nSPS) is 15.4. The van der Waals surface area contributed by atoms with Gasteiger partial charge in [-0.1, -0.05) is 6.07 Å². The molecule has 1 fully saturated rings. The maximum atomic E-state index is 12.6. The van der Waals surface area contributed by atoms with Crippen molar-refractivity contribution in [3.8, 4) is 5.69 Å². The smallest absolute Gasteiger partial charge is 0.350 e. The molecule has 1 heterocycles. The van der Waals surface area contributed by atoms with E-state index in [1.807, 2.05) is 0 Å². The molecule has 0 saturated heterocycles.